The average molecular weight is 312 g/mol. The number of hydrogen-bond donors (Lipinski definition) is 0. The maximum atomic E-state index is 5.72. The summed E-state index contributed by atoms with van der Waals surface area (Å²) in [7, 11) is 3.17. The molecule has 23 heavy (non-hydrogen) atoms. The number of benzene rings is 2. The largest absolute Gasteiger partial charge is 0.468 e. The Hall–Kier alpha value is -2.48. The summed E-state index contributed by atoms with van der Waals surface area (Å²) in [6.07, 6.45) is 5.72. The molecule has 0 aliphatic carbocycles. The smallest absolute Gasteiger partial charge is 0.188 e. The van der Waals surface area contributed by atoms with Gasteiger partial charge in [0, 0.05) is 14.2 Å². The van der Waals surface area contributed by atoms with Crippen LogP contribution in [0, 0.1) is 12.3 Å². The van der Waals surface area contributed by atoms with Crippen molar-refractivity contribution >= 4 is 0 Å². The van der Waals surface area contributed by atoms with Crippen LogP contribution in [0.5, 0.6) is 11.5 Å². The van der Waals surface area contributed by atoms with E-state index in [9.17, 15) is 0 Å². The maximum Gasteiger partial charge on any atom is 0.188 e. The van der Waals surface area contributed by atoms with E-state index < -0.39 is 0 Å². The van der Waals surface area contributed by atoms with E-state index in [-0.39, 0.29) is 19.5 Å². The lowest BCUT2D eigenvalue weighted by atomic mass is 9.92. The van der Waals surface area contributed by atoms with Crippen molar-refractivity contribution in [3.05, 3.63) is 59.7 Å². The zero-order valence-electron chi connectivity index (χ0n) is 13.3. The summed E-state index contributed by atoms with van der Waals surface area (Å²) >= 11 is 0. The van der Waals surface area contributed by atoms with E-state index in [0.29, 0.717) is 0 Å². The molecule has 0 N–H and O–H groups in total. The van der Waals surface area contributed by atoms with Gasteiger partial charge in [0.2, 0.25) is 0 Å². The highest BCUT2D eigenvalue weighted by Gasteiger charge is 2.11. The molecule has 2 aromatic rings. The van der Waals surface area contributed by atoms with Gasteiger partial charge in [-0.05, 0) is 35.4 Å². The van der Waals surface area contributed by atoms with Crippen LogP contribution in [0.3, 0.4) is 0 Å². The van der Waals surface area contributed by atoms with Crippen LogP contribution in [0.25, 0.3) is 0 Å². The quantitative estimate of drug-likeness (QED) is 0.553. The van der Waals surface area contributed by atoms with Gasteiger partial charge in [0.25, 0.3) is 0 Å². The number of terminal acetylenes is 1. The van der Waals surface area contributed by atoms with Crippen LogP contribution in [0.2, 0.25) is 0 Å². The fourth-order valence-corrected chi connectivity index (χ4v) is 2.15. The molecular formula is C19H20O4. The van der Waals surface area contributed by atoms with Gasteiger partial charge in [-0.2, -0.15) is 0 Å². The minimum atomic E-state index is -0.122. The number of ether oxygens (including phenoxy) is 4. The van der Waals surface area contributed by atoms with Crippen molar-refractivity contribution in [2.75, 3.05) is 27.8 Å². The van der Waals surface area contributed by atoms with Crippen molar-refractivity contribution in [3.8, 4) is 23.8 Å². The summed E-state index contributed by atoms with van der Waals surface area (Å²) in [6, 6.07) is 15.4. The fourth-order valence-electron chi connectivity index (χ4n) is 2.15. The second-order valence-electron chi connectivity index (χ2n) is 4.84. The predicted molar refractivity (Wildman–Crippen MR) is 88.6 cm³/mol. The Morgan fingerprint density at radius 2 is 1.17 bits per heavy atom. The van der Waals surface area contributed by atoms with E-state index >= 15 is 0 Å². The summed E-state index contributed by atoms with van der Waals surface area (Å²) in [5, 5.41) is 0. The molecule has 0 radical (unpaired) electrons. The van der Waals surface area contributed by atoms with Gasteiger partial charge in [0.15, 0.2) is 13.6 Å². The molecule has 0 aromatic heterocycles. The van der Waals surface area contributed by atoms with Gasteiger partial charge in [-0.3, -0.25) is 0 Å². The molecule has 0 spiro atoms. The van der Waals surface area contributed by atoms with Gasteiger partial charge in [0.05, 0.1) is 5.92 Å². The summed E-state index contributed by atoms with van der Waals surface area (Å²) in [5.74, 6) is 4.20. The minimum Gasteiger partial charge on any atom is -0.468 e. The molecule has 2 aromatic carbocycles. The van der Waals surface area contributed by atoms with Crippen LogP contribution in [0.1, 0.15) is 17.0 Å². The molecule has 0 aliphatic heterocycles. The fraction of sp³-hybridized carbons (Fsp3) is 0.263. The van der Waals surface area contributed by atoms with Crippen LogP contribution in [-0.2, 0) is 9.47 Å². The first kappa shape index (κ1) is 16.9. The Labute approximate surface area is 136 Å². The third-order valence-corrected chi connectivity index (χ3v) is 3.28. The Morgan fingerprint density at radius 3 is 1.48 bits per heavy atom. The minimum absolute atomic E-state index is 0.122. The van der Waals surface area contributed by atoms with E-state index in [1.807, 2.05) is 48.5 Å². The molecule has 0 fully saturated rings. The van der Waals surface area contributed by atoms with Crippen LogP contribution in [0.4, 0.5) is 0 Å². The highest BCUT2D eigenvalue weighted by molar-refractivity contribution is 5.43. The van der Waals surface area contributed by atoms with Gasteiger partial charge < -0.3 is 18.9 Å². The van der Waals surface area contributed by atoms with Crippen molar-refractivity contribution in [2.24, 2.45) is 0 Å². The second-order valence-corrected chi connectivity index (χ2v) is 4.84. The topological polar surface area (TPSA) is 36.9 Å². The lowest BCUT2D eigenvalue weighted by molar-refractivity contribution is 0.0509. The Balaban J connectivity index is 2.11. The molecule has 0 amide bonds. The van der Waals surface area contributed by atoms with Crippen molar-refractivity contribution in [2.45, 2.75) is 5.92 Å². The Morgan fingerprint density at radius 1 is 0.783 bits per heavy atom. The Bertz CT molecular complexity index is 574. The van der Waals surface area contributed by atoms with Crippen LogP contribution >= 0.6 is 0 Å². The molecule has 0 unspecified atom stereocenters. The third-order valence-electron chi connectivity index (χ3n) is 3.28. The predicted octanol–water partition coefficient (Wildman–Crippen LogP) is 3.42. The molecule has 0 heterocycles. The highest BCUT2D eigenvalue weighted by atomic mass is 16.7. The first-order chi connectivity index (χ1) is 11.3. The normalized spacial score (nSPS) is 10.3. The second kappa shape index (κ2) is 8.84. The summed E-state index contributed by atoms with van der Waals surface area (Å²) in [6.45, 7) is 0.446. The van der Waals surface area contributed by atoms with E-state index in [2.05, 4.69) is 5.92 Å². The van der Waals surface area contributed by atoms with Gasteiger partial charge in [-0.15, -0.1) is 6.42 Å². The molecule has 2 rings (SSSR count). The van der Waals surface area contributed by atoms with Crippen molar-refractivity contribution in [1.29, 1.82) is 0 Å². The monoisotopic (exact) mass is 312 g/mol. The lowest BCUT2D eigenvalue weighted by Gasteiger charge is -2.13. The van der Waals surface area contributed by atoms with E-state index in [1.54, 1.807) is 14.2 Å². The summed E-state index contributed by atoms with van der Waals surface area (Å²) in [4.78, 5) is 0. The van der Waals surface area contributed by atoms with E-state index in [4.69, 9.17) is 25.4 Å². The average Bonchev–Trinajstić information content (AvgIpc) is 2.61. The number of rotatable bonds is 8. The Kier molecular flexibility index (Phi) is 6.49. The molecular weight excluding hydrogens is 292 g/mol. The zero-order valence-corrected chi connectivity index (χ0v) is 13.3. The lowest BCUT2D eigenvalue weighted by Crippen LogP contribution is -2.02. The van der Waals surface area contributed by atoms with E-state index in [0.717, 1.165) is 22.6 Å². The van der Waals surface area contributed by atoms with E-state index in [1.165, 1.54) is 0 Å². The summed E-state index contributed by atoms with van der Waals surface area (Å²) < 4.78 is 20.5. The summed E-state index contributed by atoms with van der Waals surface area (Å²) in [5.41, 5.74) is 2.06. The van der Waals surface area contributed by atoms with Crippen molar-refractivity contribution in [3.63, 3.8) is 0 Å². The van der Waals surface area contributed by atoms with Crippen LogP contribution in [-0.4, -0.2) is 27.8 Å². The first-order valence-corrected chi connectivity index (χ1v) is 7.18. The van der Waals surface area contributed by atoms with Crippen LogP contribution < -0.4 is 9.47 Å². The number of methoxy groups -OCH3 is 2. The molecule has 0 aliphatic rings. The molecule has 0 saturated heterocycles. The SMILES string of the molecule is C#CC(c1ccc(OCOC)cc1)c1ccc(OCOC)cc1. The van der Waals surface area contributed by atoms with Crippen molar-refractivity contribution < 1.29 is 18.9 Å². The van der Waals surface area contributed by atoms with Gasteiger partial charge in [0.1, 0.15) is 11.5 Å². The highest BCUT2D eigenvalue weighted by Crippen LogP contribution is 2.27. The van der Waals surface area contributed by atoms with Crippen molar-refractivity contribution in [1.82, 2.24) is 0 Å². The third kappa shape index (κ3) is 4.75. The number of hydrogen-bond acceptors (Lipinski definition) is 4. The molecule has 0 saturated carbocycles. The first-order valence-electron chi connectivity index (χ1n) is 7.18. The van der Waals surface area contributed by atoms with Gasteiger partial charge in [-0.25, -0.2) is 0 Å². The molecule has 4 heteroatoms. The van der Waals surface area contributed by atoms with Crippen LogP contribution in [0.15, 0.2) is 48.5 Å². The maximum absolute atomic E-state index is 5.72. The van der Waals surface area contributed by atoms with Gasteiger partial charge in [-0.1, -0.05) is 30.2 Å². The standard InChI is InChI=1S/C19H20O4/c1-4-19(15-5-9-17(10-6-15)22-13-20-2)16-7-11-18(12-8-16)23-14-21-3/h1,5-12,19H,13-14H2,2-3H3. The molecule has 0 bridgehead atoms. The molecule has 120 valence electrons. The zero-order chi connectivity index (χ0) is 16.5. The van der Waals surface area contributed by atoms with Gasteiger partial charge >= 0.3 is 0 Å². The molecule has 4 nitrogen and oxygen atoms in total. The molecule has 0 atom stereocenters.